The molecule has 0 amide bonds. The maximum Gasteiger partial charge on any atom is 2.00 e. The van der Waals surface area contributed by atoms with Gasteiger partial charge in [0.1, 0.15) is 0 Å². The Morgan fingerprint density at radius 2 is 1.12 bits per heavy atom. The normalized spacial score (nSPS) is 9.60. The third-order valence-corrected chi connectivity index (χ3v) is 4.27. The molecule has 25 heavy (non-hydrogen) atoms. The van der Waals surface area contributed by atoms with E-state index >= 15 is 0 Å². The third-order valence-electron chi connectivity index (χ3n) is 3.77. The quantitative estimate of drug-likeness (QED) is 0.237. The predicted octanol–water partition coefficient (Wildman–Crippen LogP) is 6.71. The van der Waals surface area contributed by atoms with Crippen molar-refractivity contribution >= 4 is 31.8 Å². The van der Waals surface area contributed by atoms with Gasteiger partial charge in [0.05, 0.1) is 0 Å². The van der Waals surface area contributed by atoms with Crippen LogP contribution in [0.2, 0.25) is 6.04 Å². The van der Waals surface area contributed by atoms with Crippen LogP contribution in [0.15, 0.2) is 72.8 Å². The molecule has 0 bridgehead atoms. The molecule has 4 aromatic rings. The van der Waals surface area contributed by atoms with Crippen molar-refractivity contribution < 1.29 is 26.2 Å². The SMILES string of the molecule is CCC[Si].Cc1cc2ccccc2[cH-]1.Cc1cc2ccccc2[cH-]1.[Zr+2]. The minimum Gasteiger partial charge on any atom is -0.165 e. The summed E-state index contributed by atoms with van der Waals surface area (Å²) >= 11 is 0. The maximum absolute atomic E-state index is 3.29. The van der Waals surface area contributed by atoms with Crippen LogP contribution in [0.4, 0.5) is 0 Å². The molecule has 3 radical (unpaired) electrons. The fourth-order valence-electron chi connectivity index (χ4n) is 2.61. The van der Waals surface area contributed by atoms with Crippen LogP contribution in [0.1, 0.15) is 24.5 Å². The molecule has 0 aliphatic rings. The predicted molar refractivity (Wildman–Crippen MR) is 109 cm³/mol. The van der Waals surface area contributed by atoms with Crippen LogP contribution in [0.3, 0.4) is 0 Å². The summed E-state index contributed by atoms with van der Waals surface area (Å²) in [5.74, 6) is 0. The summed E-state index contributed by atoms with van der Waals surface area (Å²) in [6, 6.07) is 26.8. The third kappa shape index (κ3) is 6.88. The Balaban J connectivity index is 0.000000201. The minimum atomic E-state index is 0. The van der Waals surface area contributed by atoms with Crippen molar-refractivity contribution in [3.63, 3.8) is 0 Å². The molecule has 0 heterocycles. The van der Waals surface area contributed by atoms with Crippen LogP contribution in [-0.4, -0.2) is 10.2 Å². The summed E-state index contributed by atoms with van der Waals surface area (Å²) in [5.41, 5.74) is 2.70. The van der Waals surface area contributed by atoms with Gasteiger partial charge in [0, 0.05) is 10.2 Å². The van der Waals surface area contributed by atoms with Crippen LogP contribution >= 0.6 is 0 Å². The number of fused-ring (bicyclic) bond motifs is 2. The van der Waals surface area contributed by atoms with Crippen molar-refractivity contribution in [3.8, 4) is 0 Å². The average molecular weight is 421 g/mol. The van der Waals surface area contributed by atoms with Gasteiger partial charge in [-0.1, -0.05) is 45.4 Å². The first-order valence-corrected chi connectivity index (χ1v) is 9.23. The summed E-state index contributed by atoms with van der Waals surface area (Å²) in [5, 5.41) is 5.39. The Labute approximate surface area is 174 Å². The molecular formula is C23H25SiZr. The number of rotatable bonds is 1. The minimum absolute atomic E-state index is 0. The standard InChI is InChI=1S/2C10H9.C3H7Si.Zr/c2*1-8-6-9-4-2-3-5-10(9)7-8;1-2-3-4;/h2*2-7H,1H3;2-3H2,1H3;/q2*-1;;+2. The molecule has 125 valence electrons. The van der Waals surface area contributed by atoms with Crippen molar-refractivity contribution in [2.75, 3.05) is 0 Å². The van der Waals surface area contributed by atoms with Gasteiger partial charge in [0.15, 0.2) is 0 Å². The van der Waals surface area contributed by atoms with Gasteiger partial charge >= 0.3 is 26.2 Å². The smallest absolute Gasteiger partial charge is 0.165 e. The van der Waals surface area contributed by atoms with Crippen molar-refractivity contribution in [2.45, 2.75) is 33.2 Å². The van der Waals surface area contributed by atoms with Gasteiger partial charge in [0.2, 0.25) is 0 Å². The second-order valence-electron chi connectivity index (χ2n) is 6.07. The molecular weight excluding hydrogens is 396 g/mol. The average Bonchev–Trinajstić information content (AvgIpc) is 3.15. The zero-order valence-corrected chi connectivity index (χ0v) is 18.8. The molecule has 0 nitrogen and oxygen atoms in total. The summed E-state index contributed by atoms with van der Waals surface area (Å²) < 4.78 is 0. The molecule has 0 spiro atoms. The molecule has 0 fully saturated rings. The van der Waals surface area contributed by atoms with Gasteiger partial charge in [-0.2, -0.15) is 12.1 Å². The van der Waals surface area contributed by atoms with E-state index in [1.54, 1.807) is 0 Å². The summed E-state index contributed by atoms with van der Waals surface area (Å²) in [6.45, 7) is 6.38. The molecule has 0 saturated heterocycles. The van der Waals surface area contributed by atoms with E-state index in [-0.39, 0.29) is 26.2 Å². The molecule has 0 N–H and O–H groups in total. The van der Waals surface area contributed by atoms with Crippen molar-refractivity contribution in [1.82, 2.24) is 0 Å². The van der Waals surface area contributed by atoms with Crippen molar-refractivity contribution in [3.05, 3.63) is 83.9 Å². The van der Waals surface area contributed by atoms with Crippen LogP contribution in [-0.2, 0) is 26.2 Å². The first-order chi connectivity index (χ1) is 11.6. The number of hydrogen-bond acceptors (Lipinski definition) is 0. The summed E-state index contributed by atoms with van der Waals surface area (Å²) in [6.07, 6.45) is 1.23. The van der Waals surface area contributed by atoms with E-state index < -0.39 is 0 Å². The van der Waals surface area contributed by atoms with Gasteiger partial charge in [0.25, 0.3) is 0 Å². The molecule has 2 heteroatoms. The molecule has 0 aliphatic heterocycles. The van der Waals surface area contributed by atoms with Gasteiger partial charge in [-0.25, -0.2) is 0 Å². The van der Waals surface area contributed by atoms with Crippen molar-refractivity contribution in [2.24, 2.45) is 0 Å². The van der Waals surface area contributed by atoms with Crippen LogP contribution in [0.25, 0.3) is 21.5 Å². The van der Waals surface area contributed by atoms with Crippen LogP contribution in [0, 0.1) is 13.8 Å². The van der Waals surface area contributed by atoms with E-state index in [1.807, 2.05) is 0 Å². The molecule has 0 aromatic heterocycles. The number of aryl methyl sites for hydroxylation is 2. The molecule has 0 unspecified atom stereocenters. The van der Waals surface area contributed by atoms with Gasteiger partial charge in [-0.3, -0.25) is 0 Å². The van der Waals surface area contributed by atoms with Gasteiger partial charge in [-0.05, 0) is 0 Å². The van der Waals surface area contributed by atoms with E-state index in [2.05, 4.69) is 104 Å². The second-order valence-corrected chi connectivity index (χ2v) is 6.57. The fourth-order valence-corrected chi connectivity index (χ4v) is 2.61. The molecule has 0 aliphatic carbocycles. The Morgan fingerprint density at radius 3 is 1.44 bits per heavy atom. The summed E-state index contributed by atoms with van der Waals surface area (Å²) in [7, 11) is 3.29. The molecule has 4 rings (SSSR count). The van der Waals surface area contributed by atoms with E-state index in [9.17, 15) is 0 Å². The van der Waals surface area contributed by atoms with E-state index in [4.69, 9.17) is 0 Å². The van der Waals surface area contributed by atoms with E-state index in [0.717, 1.165) is 6.04 Å². The molecule has 0 saturated carbocycles. The van der Waals surface area contributed by atoms with E-state index in [0.29, 0.717) is 0 Å². The van der Waals surface area contributed by atoms with Gasteiger partial charge in [-0.15, -0.1) is 81.2 Å². The molecule has 4 aromatic carbocycles. The van der Waals surface area contributed by atoms with Gasteiger partial charge < -0.3 is 0 Å². The largest absolute Gasteiger partial charge is 2.00 e. The van der Waals surface area contributed by atoms with Crippen LogP contribution < -0.4 is 0 Å². The molecule has 0 atom stereocenters. The Kier molecular flexibility index (Phi) is 9.93. The monoisotopic (exact) mass is 419 g/mol. The van der Waals surface area contributed by atoms with Crippen LogP contribution in [0.5, 0.6) is 0 Å². The van der Waals surface area contributed by atoms with E-state index in [1.165, 1.54) is 39.1 Å². The van der Waals surface area contributed by atoms with Crippen molar-refractivity contribution in [1.29, 1.82) is 0 Å². The zero-order chi connectivity index (χ0) is 17.4. The topological polar surface area (TPSA) is 0 Å². The Hall–Kier alpha value is -1.24. The maximum atomic E-state index is 3.29. The number of hydrogen-bond donors (Lipinski definition) is 0. The number of benzene rings is 2. The second kappa shape index (κ2) is 11.4. The Morgan fingerprint density at radius 1 is 0.760 bits per heavy atom. The fraction of sp³-hybridized carbons (Fsp3) is 0.217. The first kappa shape index (κ1) is 21.8. The Bertz CT molecular complexity index is 730. The summed E-state index contributed by atoms with van der Waals surface area (Å²) in [4.78, 5) is 0. The zero-order valence-electron chi connectivity index (χ0n) is 15.3. The first-order valence-electron chi connectivity index (χ1n) is 8.52.